The van der Waals surface area contributed by atoms with E-state index in [0.717, 1.165) is 29.7 Å². The lowest BCUT2D eigenvalue weighted by Gasteiger charge is -2.57. The maximum Gasteiger partial charge on any atom is 0.383 e. The normalized spacial score (nSPS) is 29.8. The molecule has 0 atom stereocenters. The van der Waals surface area contributed by atoms with Crippen LogP contribution in [0.5, 0.6) is 0 Å². The van der Waals surface area contributed by atoms with Crippen molar-refractivity contribution >= 4 is 17.5 Å². The number of carbonyl (C=O) groups is 3. The van der Waals surface area contributed by atoms with Gasteiger partial charge < -0.3 is 10.2 Å². The molecule has 0 saturated heterocycles. The molecule has 4 fully saturated rings. The lowest BCUT2D eigenvalue weighted by molar-refractivity contribution is -0.157. The molecule has 0 spiro atoms. The van der Waals surface area contributed by atoms with Crippen LogP contribution < -0.4 is 0 Å². The van der Waals surface area contributed by atoms with Gasteiger partial charge in [0.05, 0.1) is 0 Å². The molecule has 4 aliphatic rings. The van der Waals surface area contributed by atoms with Crippen LogP contribution in [-0.2, 0) is 25.7 Å². The van der Waals surface area contributed by atoms with E-state index in [1.54, 1.807) is 0 Å². The first-order valence-corrected chi connectivity index (χ1v) is 10.3. The van der Waals surface area contributed by atoms with Crippen LogP contribution in [0.2, 0.25) is 0 Å². The molecule has 2 N–H and O–H groups in total. The average Bonchev–Trinajstić information content (AvgIpc) is 2.65. The molecule has 28 heavy (non-hydrogen) atoms. The fourth-order valence-corrected chi connectivity index (χ4v) is 6.24. The Morgan fingerprint density at radius 2 is 1.50 bits per heavy atom. The average molecular weight is 386 g/mol. The van der Waals surface area contributed by atoms with Gasteiger partial charge in [0.15, 0.2) is 0 Å². The van der Waals surface area contributed by atoms with E-state index in [-0.39, 0.29) is 18.5 Å². The molecule has 5 nitrogen and oxygen atoms in total. The second-order valence-electron chi connectivity index (χ2n) is 9.09. The number of hydrogen-bond donors (Lipinski definition) is 0. The maximum absolute atomic E-state index is 12.1. The van der Waals surface area contributed by atoms with Gasteiger partial charge in [-0.2, -0.15) is 0 Å². The van der Waals surface area contributed by atoms with E-state index < -0.39 is 17.5 Å². The quantitative estimate of drug-likeness (QED) is 0.389. The van der Waals surface area contributed by atoms with E-state index >= 15 is 0 Å². The molecule has 4 bridgehead atoms. The van der Waals surface area contributed by atoms with Crippen molar-refractivity contribution < 1.29 is 24.6 Å². The van der Waals surface area contributed by atoms with Crippen LogP contribution >= 0.6 is 0 Å². The van der Waals surface area contributed by atoms with Gasteiger partial charge in [-0.1, -0.05) is 30.3 Å². The molecule has 5 heteroatoms. The van der Waals surface area contributed by atoms with Crippen molar-refractivity contribution in [2.45, 2.75) is 64.4 Å². The number of ether oxygens (including phenoxy) is 1. The lowest BCUT2D eigenvalue weighted by atomic mass is 9.48. The summed E-state index contributed by atoms with van der Waals surface area (Å²) < 4.78 is 4.98. The van der Waals surface area contributed by atoms with Crippen molar-refractivity contribution in [3.63, 3.8) is 0 Å². The Balaban J connectivity index is 0.00000225. The third-order valence-electron chi connectivity index (χ3n) is 6.93. The summed E-state index contributed by atoms with van der Waals surface area (Å²) in [5.41, 5.74) is 1.21. The first-order chi connectivity index (χ1) is 13.0. The summed E-state index contributed by atoms with van der Waals surface area (Å²) in [6, 6.07) is 9.15. The molecule has 0 amide bonds. The summed E-state index contributed by atoms with van der Waals surface area (Å²) in [5, 5.41) is 0. The van der Waals surface area contributed by atoms with Crippen LogP contribution in [0.3, 0.4) is 0 Å². The second-order valence-corrected chi connectivity index (χ2v) is 9.09. The van der Waals surface area contributed by atoms with Crippen molar-refractivity contribution in [1.29, 1.82) is 0 Å². The molecular formula is C23H30O5. The number of carbonyl (C=O) groups excluding carboxylic acids is 3. The van der Waals surface area contributed by atoms with Crippen LogP contribution in [0.15, 0.2) is 30.3 Å². The fourth-order valence-electron chi connectivity index (χ4n) is 6.24. The topological polar surface area (TPSA) is 91.9 Å². The molecule has 4 saturated carbocycles. The van der Waals surface area contributed by atoms with E-state index in [1.807, 2.05) is 30.3 Å². The van der Waals surface area contributed by atoms with Crippen molar-refractivity contribution in [3.05, 3.63) is 35.9 Å². The highest BCUT2D eigenvalue weighted by atomic mass is 16.5. The van der Waals surface area contributed by atoms with Gasteiger partial charge in [-0.05, 0) is 80.1 Å². The molecule has 5 rings (SSSR count). The van der Waals surface area contributed by atoms with Crippen LogP contribution in [0.1, 0.15) is 63.4 Å². The molecular weight excluding hydrogens is 356 g/mol. The second kappa shape index (κ2) is 8.56. The number of benzene rings is 1. The maximum atomic E-state index is 12.1. The van der Waals surface area contributed by atoms with Crippen LogP contribution in [-0.4, -0.2) is 23.0 Å². The minimum atomic E-state index is -1.03. The van der Waals surface area contributed by atoms with Gasteiger partial charge in [-0.3, -0.25) is 9.59 Å². The lowest BCUT2D eigenvalue weighted by Crippen LogP contribution is -2.46. The van der Waals surface area contributed by atoms with Gasteiger partial charge in [0.1, 0.15) is 6.61 Å². The van der Waals surface area contributed by atoms with E-state index in [4.69, 9.17) is 4.74 Å². The minimum Gasteiger partial charge on any atom is -0.455 e. The molecule has 0 unspecified atom stereocenters. The Bertz CT molecular complexity index is 688. The highest BCUT2D eigenvalue weighted by molar-refractivity contribution is 6.62. The standard InChI is InChI=1S/C23H28O4.H2O/c24-20(21(25)22(26)27-15-16-5-2-1-3-6-16)7-4-8-23-12-17-9-18(13-23)11-19(10-17)14-23;/h1-3,5-6,17-19H,4,7-15H2;1H2. The van der Waals surface area contributed by atoms with Crippen molar-refractivity contribution in [2.24, 2.45) is 23.2 Å². The fraction of sp³-hybridized carbons (Fsp3) is 0.609. The number of hydrogen-bond acceptors (Lipinski definition) is 4. The molecule has 0 radical (unpaired) electrons. The van der Waals surface area contributed by atoms with Gasteiger partial charge in [0, 0.05) is 6.42 Å². The zero-order chi connectivity index (χ0) is 18.9. The molecule has 1 aromatic carbocycles. The summed E-state index contributed by atoms with van der Waals surface area (Å²) >= 11 is 0. The summed E-state index contributed by atoms with van der Waals surface area (Å²) in [7, 11) is 0. The molecule has 1 aromatic rings. The van der Waals surface area contributed by atoms with Gasteiger partial charge in [-0.15, -0.1) is 0 Å². The third-order valence-corrected chi connectivity index (χ3v) is 6.93. The van der Waals surface area contributed by atoms with E-state index in [1.165, 1.54) is 38.5 Å². The first kappa shape index (κ1) is 20.7. The Morgan fingerprint density at radius 1 is 0.929 bits per heavy atom. The van der Waals surface area contributed by atoms with Gasteiger partial charge >= 0.3 is 11.8 Å². The minimum absolute atomic E-state index is 0. The third kappa shape index (κ3) is 4.52. The van der Waals surface area contributed by atoms with Crippen molar-refractivity contribution in [2.75, 3.05) is 0 Å². The Morgan fingerprint density at radius 3 is 2.07 bits per heavy atom. The number of esters is 1. The zero-order valence-electron chi connectivity index (χ0n) is 16.3. The Kier molecular flexibility index (Phi) is 6.33. The van der Waals surface area contributed by atoms with Crippen LogP contribution in [0, 0.1) is 23.2 Å². The Hall–Kier alpha value is -2.01. The highest BCUT2D eigenvalue weighted by Crippen LogP contribution is 2.61. The van der Waals surface area contributed by atoms with Gasteiger partial charge in [0.25, 0.3) is 0 Å². The summed E-state index contributed by atoms with van der Waals surface area (Å²) in [5.74, 6) is 0.0394. The number of Topliss-reactive ketones (excluding diaryl/α,β-unsaturated/α-hetero) is 2. The van der Waals surface area contributed by atoms with Gasteiger partial charge in [-0.25, -0.2) is 4.79 Å². The smallest absolute Gasteiger partial charge is 0.383 e. The highest BCUT2D eigenvalue weighted by Gasteiger charge is 2.50. The summed E-state index contributed by atoms with van der Waals surface area (Å²) in [6.07, 6.45) is 10.0. The molecule has 0 aliphatic heterocycles. The van der Waals surface area contributed by atoms with E-state index in [2.05, 4.69) is 0 Å². The number of ketones is 2. The SMILES string of the molecule is O.O=C(CCCC12CC3CC(CC(C3)C1)C2)C(=O)C(=O)OCc1ccccc1. The van der Waals surface area contributed by atoms with Gasteiger partial charge in [0.2, 0.25) is 5.78 Å². The monoisotopic (exact) mass is 386 g/mol. The van der Waals surface area contributed by atoms with Crippen molar-refractivity contribution in [1.82, 2.24) is 0 Å². The molecule has 152 valence electrons. The molecule has 4 aliphatic carbocycles. The van der Waals surface area contributed by atoms with E-state index in [0.29, 0.717) is 11.8 Å². The molecule has 0 aromatic heterocycles. The van der Waals surface area contributed by atoms with E-state index in [9.17, 15) is 14.4 Å². The summed E-state index contributed by atoms with van der Waals surface area (Å²) in [4.78, 5) is 36.0. The zero-order valence-corrected chi connectivity index (χ0v) is 16.3. The largest absolute Gasteiger partial charge is 0.455 e. The van der Waals surface area contributed by atoms with Crippen molar-refractivity contribution in [3.8, 4) is 0 Å². The van der Waals surface area contributed by atoms with Crippen LogP contribution in [0.4, 0.5) is 0 Å². The predicted molar refractivity (Wildman–Crippen MR) is 104 cm³/mol. The Labute approximate surface area is 166 Å². The van der Waals surface area contributed by atoms with Crippen LogP contribution in [0.25, 0.3) is 0 Å². The number of rotatable bonds is 8. The summed E-state index contributed by atoms with van der Waals surface area (Å²) in [6.45, 7) is 0.0198. The first-order valence-electron chi connectivity index (χ1n) is 10.3. The predicted octanol–water partition coefficient (Wildman–Crippen LogP) is 3.43. The molecule has 0 heterocycles.